The number of thiophene rings is 1. The summed E-state index contributed by atoms with van der Waals surface area (Å²) in [6, 6.07) is 4.35. The lowest BCUT2D eigenvalue weighted by Gasteiger charge is -2.33. The third kappa shape index (κ3) is 3.22. The summed E-state index contributed by atoms with van der Waals surface area (Å²) < 4.78 is 0.850. The molecule has 1 heterocycles. The van der Waals surface area contributed by atoms with Gasteiger partial charge in [0.15, 0.2) is 0 Å². The van der Waals surface area contributed by atoms with Crippen molar-refractivity contribution in [3.63, 3.8) is 0 Å². The lowest BCUT2D eigenvalue weighted by Crippen LogP contribution is -2.35. The molecule has 4 heteroatoms. The maximum Gasteiger partial charge on any atom is 0.0931 e. The van der Waals surface area contributed by atoms with Crippen LogP contribution in [-0.2, 0) is 0 Å². The highest BCUT2D eigenvalue weighted by molar-refractivity contribution is 7.16. The third-order valence-electron chi connectivity index (χ3n) is 3.95. The van der Waals surface area contributed by atoms with E-state index in [1.165, 1.54) is 37.0 Å². The minimum Gasteiger partial charge on any atom is -0.271 e. The number of hydrogen-bond acceptors (Lipinski definition) is 3. The van der Waals surface area contributed by atoms with Gasteiger partial charge in [0.2, 0.25) is 0 Å². The molecule has 1 fully saturated rings. The van der Waals surface area contributed by atoms with Crippen LogP contribution >= 0.6 is 22.9 Å². The van der Waals surface area contributed by atoms with Gasteiger partial charge in [-0.1, -0.05) is 37.8 Å². The zero-order valence-corrected chi connectivity index (χ0v) is 11.9. The number of hydrogen-bond donors (Lipinski definition) is 2. The summed E-state index contributed by atoms with van der Waals surface area (Å²) in [6.45, 7) is 2.29. The lowest BCUT2D eigenvalue weighted by atomic mass is 9.76. The second kappa shape index (κ2) is 6.19. The van der Waals surface area contributed by atoms with Crippen LogP contribution in [0, 0.1) is 11.8 Å². The van der Waals surface area contributed by atoms with E-state index in [0.717, 1.165) is 10.3 Å². The molecule has 3 unspecified atom stereocenters. The van der Waals surface area contributed by atoms with Gasteiger partial charge in [0, 0.05) is 4.88 Å². The number of nitrogens with one attached hydrogen (secondary N) is 1. The maximum absolute atomic E-state index is 6.01. The van der Waals surface area contributed by atoms with Crippen molar-refractivity contribution >= 4 is 22.9 Å². The van der Waals surface area contributed by atoms with Crippen LogP contribution in [-0.4, -0.2) is 0 Å². The standard InChI is InChI=1S/C13H21ClN2S/c1-2-9-4-3-5-10(8-9)13(16-15)11-6-7-12(14)17-11/h6-7,9-10,13,16H,2-5,8,15H2,1H3. The average Bonchev–Trinajstić information content (AvgIpc) is 2.77. The van der Waals surface area contributed by atoms with Crippen molar-refractivity contribution < 1.29 is 0 Å². The van der Waals surface area contributed by atoms with Crippen LogP contribution in [0.1, 0.15) is 49.9 Å². The Morgan fingerprint density at radius 2 is 2.35 bits per heavy atom. The number of nitrogens with two attached hydrogens (primary N) is 1. The highest BCUT2D eigenvalue weighted by Gasteiger charge is 2.28. The molecule has 1 aliphatic rings. The summed E-state index contributed by atoms with van der Waals surface area (Å²) in [6.07, 6.45) is 6.58. The molecule has 96 valence electrons. The molecule has 3 N–H and O–H groups in total. The molecule has 2 rings (SSSR count). The Kier molecular flexibility index (Phi) is 4.86. The topological polar surface area (TPSA) is 38.0 Å². The molecule has 1 saturated carbocycles. The molecular formula is C13H21ClN2S. The van der Waals surface area contributed by atoms with Gasteiger partial charge in [-0.25, -0.2) is 0 Å². The van der Waals surface area contributed by atoms with E-state index in [-0.39, 0.29) is 6.04 Å². The van der Waals surface area contributed by atoms with E-state index >= 15 is 0 Å². The van der Waals surface area contributed by atoms with Crippen molar-refractivity contribution in [2.45, 2.75) is 45.1 Å². The highest BCUT2D eigenvalue weighted by Crippen LogP contribution is 2.40. The molecule has 1 aliphatic carbocycles. The zero-order valence-electron chi connectivity index (χ0n) is 10.3. The van der Waals surface area contributed by atoms with Gasteiger partial charge >= 0.3 is 0 Å². The molecule has 0 amide bonds. The molecule has 0 saturated heterocycles. The first-order chi connectivity index (χ1) is 8.24. The predicted molar refractivity (Wildman–Crippen MR) is 75.1 cm³/mol. The molecule has 1 aromatic heterocycles. The second-order valence-electron chi connectivity index (χ2n) is 4.99. The minimum atomic E-state index is 0.279. The molecule has 0 aromatic carbocycles. The summed E-state index contributed by atoms with van der Waals surface area (Å²) in [5.74, 6) is 7.28. The first-order valence-electron chi connectivity index (χ1n) is 6.46. The SMILES string of the molecule is CCC1CCCC(C(NN)c2ccc(Cl)s2)C1. The smallest absolute Gasteiger partial charge is 0.0931 e. The first-order valence-corrected chi connectivity index (χ1v) is 7.65. The van der Waals surface area contributed by atoms with Crippen LogP contribution in [0.15, 0.2) is 12.1 Å². The van der Waals surface area contributed by atoms with Gasteiger partial charge < -0.3 is 0 Å². The number of halogens is 1. The molecule has 0 bridgehead atoms. The predicted octanol–water partition coefficient (Wildman–Crippen LogP) is 4.12. The van der Waals surface area contributed by atoms with Gasteiger partial charge in [0.25, 0.3) is 0 Å². The zero-order chi connectivity index (χ0) is 12.3. The van der Waals surface area contributed by atoms with Crippen molar-refractivity contribution in [1.82, 2.24) is 5.43 Å². The van der Waals surface area contributed by atoms with E-state index in [2.05, 4.69) is 18.4 Å². The van der Waals surface area contributed by atoms with Gasteiger partial charge in [0.05, 0.1) is 10.4 Å². The highest BCUT2D eigenvalue weighted by atomic mass is 35.5. The van der Waals surface area contributed by atoms with Gasteiger partial charge in [-0.15, -0.1) is 11.3 Å². The normalized spacial score (nSPS) is 27.0. The van der Waals surface area contributed by atoms with Gasteiger partial charge in [0.1, 0.15) is 0 Å². The fourth-order valence-corrected chi connectivity index (χ4v) is 4.17. The summed E-state index contributed by atoms with van der Waals surface area (Å²) in [5, 5.41) is 0. The molecule has 1 aromatic rings. The fraction of sp³-hybridized carbons (Fsp3) is 0.692. The Morgan fingerprint density at radius 3 is 2.94 bits per heavy atom. The molecule has 0 aliphatic heterocycles. The first kappa shape index (κ1) is 13.3. The molecule has 17 heavy (non-hydrogen) atoms. The minimum absolute atomic E-state index is 0.279. The number of hydrazine groups is 1. The Labute approximate surface area is 113 Å². The van der Waals surface area contributed by atoms with Gasteiger partial charge in [-0.05, 0) is 36.8 Å². The van der Waals surface area contributed by atoms with Gasteiger partial charge in [-0.3, -0.25) is 11.3 Å². The largest absolute Gasteiger partial charge is 0.271 e. The fourth-order valence-electron chi connectivity index (χ4n) is 2.95. The summed E-state index contributed by atoms with van der Waals surface area (Å²) >= 11 is 7.65. The second-order valence-corrected chi connectivity index (χ2v) is 6.73. The van der Waals surface area contributed by atoms with Crippen molar-refractivity contribution in [3.8, 4) is 0 Å². The van der Waals surface area contributed by atoms with Gasteiger partial charge in [-0.2, -0.15) is 0 Å². The third-order valence-corrected chi connectivity index (χ3v) is 5.27. The van der Waals surface area contributed by atoms with Crippen molar-refractivity contribution in [2.75, 3.05) is 0 Å². The molecular weight excluding hydrogens is 252 g/mol. The molecule has 0 radical (unpaired) electrons. The van der Waals surface area contributed by atoms with E-state index in [9.17, 15) is 0 Å². The van der Waals surface area contributed by atoms with Crippen LogP contribution < -0.4 is 11.3 Å². The van der Waals surface area contributed by atoms with Crippen LogP contribution in [0.5, 0.6) is 0 Å². The van der Waals surface area contributed by atoms with E-state index in [4.69, 9.17) is 17.4 Å². The number of rotatable bonds is 4. The lowest BCUT2D eigenvalue weighted by molar-refractivity contribution is 0.212. The molecule has 3 atom stereocenters. The average molecular weight is 273 g/mol. The molecule has 2 nitrogen and oxygen atoms in total. The maximum atomic E-state index is 6.01. The van der Waals surface area contributed by atoms with Crippen molar-refractivity contribution in [1.29, 1.82) is 0 Å². The van der Waals surface area contributed by atoms with Crippen molar-refractivity contribution in [2.24, 2.45) is 17.7 Å². The Balaban J connectivity index is 2.07. The van der Waals surface area contributed by atoms with E-state index in [1.54, 1.807) is 11.3 Å². The summed E-state index contributed by atoms with van der Waals surface area (Å²) in [5.41, 5.74) is 3.00. The quantitative estimate of drug-likeness (QED) is 0.639. The summed E-state index contributed by atoms with van der Waals surface area (Å²) in [7, 11) is 0. The van der Waals surface area contributed by atoms with Crippen molar-refractivity contribution in [3.05, 3.63) is 21.3 Å². The Morgan fingerprint density at radius 1 is 1.53 bits per heavy atom. The Bertz CT molecular complexity index is 353. The van der Waals surface area contributed by atoms with Crippen LogP contribution in [0.2, 0.25) is 4.34 Å². The van der Waals surface area contributed by atoms with Crippen LogP contribution in [0.3, 0.4) is 0 Å². The summed E-state index contributed by atoms with van der Waals surface area (Å²) in [4.78, 5) is 1.28. The van der Waals surface area contributed by atoms with E-state index in [0.29, 0.717) is 5.92 Å². The van der Waals surface area contributed by atoms with E-state index in [1.807, 2.05) is 6.07 Å². The van der Waals surface area contributed by atoms with Crippen LogP contribution in [0.4, 0.5) is 0 Å². The monoisotopic (exact) mass is 272 g/mol. The Hall–Kier alpha value is -0.0900. The van der Waals surface area contributed by atoms with E-state index < -0.39 is 0 Å². The van der Waals surface area contributed by atoms with Crippen LogP contribution in [0.25, 0.3) is 0 Å². The molecule has 0 spiro atoms.